The zero-order valence-electron chi connectivity index (χ0n) is 11.8. The van der Waals surface area contributed by atoms with Crippen LogP contribution in [0.25, 0.3) is 0 Å². The number of halogens is 1. The van der Waals surface area contributed by atoms with Crippen molar-refractivity contribution in [1.29, 1.82) is 0 Å². The van der Waals surface area contributed by atoms with Crippen LogP contribution in [0, 0.1) is 0 Å². The average Bonchev–Trinajstić information content (AvgIpc) is 2.41. The number of morpholine rings is 1. The normalized spacial score (nSPS) is 24.4. The van der Waals surface area contributed by atoms with Gasteiger partial charge in [-0.1, -0.05) is 18.5 Å². The third-order valence-electron chi connectivity index (χ3n) is 3.58. The van der Waals surface area contributed by atoms with Gasteiger partial charge in [0.05, 0.1) is 23.4 Å². The first-order valence-corrected chi connectivity index (χ1v) is 7.20. The lowest BCUT2D eigenvalue weighted by molar-refractivity contribution is -0.0595. The highest BCUT2D eigenvalue weighted by Crippen LogP contribution is 2.22. The Balaban J connectivity index is 2.14. The molecule has 0 aliphatic carbocycles. The Morgan fingerprint density at radius 2 is 2.32 bits per heavy atom. The summed E-state index contributed by atoms with van der Waals surface area (Å²) in [6.07, 6.45) is 1.35. The fourth-order valence-corrected chi connectivity index (χ4v) is 2.57. The molecule has 0 aromatic carbocycles. The van der Waals surface area contributed by atoms with Gasteiger partial charge in [-0.05, 0) is 25.5 Å². The monoisotopic (exact) mass is 283 g/mol. The van der Waals surface area contributed by atoms with E-state index in [1.165, 1.54) is 0 Å². The van der Waals surface area contributed by atoms with Gasteiger partial charge in [0, 0.05) is 26.2 Å². The minimum atomic E-state index is 0.272. The lowest BCUT2D eigenvalue weighted by atomic mass is 10.1. The highest BCUT2D eigenvalue weighted by atomic mass is 35.5. The summed E-state index contributed by atoms with van der Waals surface area (Å²) in [6, 6.07) is 4.25. The summed E-state index contributed by atoms with van der Waals surface area (Å²) in [7, 11) is 1.87. The summed E-state index contributed by atoms with van der Waals surface area (Å²) >= 11 is 6.25. The molecule has 19 heavy (non-hydrogen) atoms. The zero-order chi connectivity index (χ0) is 13.8. The van der Waals surface area contributed by atoms with Crippen LogP contribution in [0.15, 0.2) is 12.1 Å². The summed E-state index contributed by atoms with van der Waals surface area (Å²) < 4.78 is 5.72. The minimum Gasteiger partial charge on any atom is -0.376 e. The van der Waals surface area contributed by atoms with E-state index in [-0.39, 0.29) is 6.10 Å². The predicted octanol–water partition coefficient (Wildman–Crippen LogP) is 2.78. The number of nitrogens with zero attached hydrogens (tertiary/aromatic N) is 2. The van der Waals surface area contributed by atoms with Crippen molar-refractivity contribution >= 4 is 17.4 Å². The van der Waals surface area contributed by atoms with Gasteiger partial charge in [0.15, 0.2) is 0 Å². The average molecular weight is 284 g/mol. The van der Waals surface area contributed by atoms with Crippen LogP contribution in [0.1, 0.15) is 26.0 Å². The first-order valence-electron chi connectivity index (χ1n) is 6.82. The van der Waals surface area contributed by atoms with E-state index < -0.39 is 0 Å². The van der Waals surface area contributed by atoms with E-state index in [2.05, 4.69) is 29.0 Å². The number of nitrogens with one attached hydrogen (secondary N) is 1. The molecule has 2 rings (SSSR count). The molecular formula is C14H22ClN3O. The molecule has 2 unspecified atom stereocenters. The SMILES string of the molecule is CCC1COC(C)CN1Cc1nc(NC)ccc1Cl. The van der Waals surface area contributed by atoms with Crippen LogP contribution in [-0.2, 0) is 11.3 Å². The molecule has 106 valence electrons. The van der Waals surface area contributed by atoms with Gasteiger partial charge in [-0.2, -0.15) is 0 Å². The molecule has 0 radical (unpaired) electrons. The van der Waals surface area contributed by atoms with Crippen molar-refractivity contribution in [2.24, 2.45) is 0 Å². The number of anilines is 1. The Labute approximate surface area is 120 Å². The van der Waals surface area contributed by atoms with E-state index in [0.29, 0.717) is 6.04 Å². The second-order valence-corrected chi connectivity index (χ2v) is 5.42. The fraction of sp³-hybridized carbons (Fsp3) is 0.643. The third-order valence-corrected chi connectivity index (χ3v) is 3.92. The van der Waals surface area contributed by atoms with Crippen molar-refractivity contribution in [2.75, 3.05) is 25.5 Å². The van der Waals surface area contributed by atoms with Crippen molar-refractivity contribution in [3.8, 4) is 0 Å². The van der Waals surface area contributed by atoms with Crippen LogP contribution in [0.5, 0.6) is 0 Å². The van der Waals surface area contributed by atoms with E-state index in [1.54, 1.807) is 0 Å². The van der Waals surface area contributed by atoms with Crippen molar-refractivity contribution in [3.05, 3.63) is 22.8 Å². The molecule has 0 spiro atoms. The van der Waals surface area contributed by atoms with E-state index in [4.69, 9.17) is 16.3 Å². The zero-order valence-corrected chi connectivity index (χ0v) is 12.6. The Bertz CT molecular complexity index is 427. The molecule has 1 aromatic heterocycles. The number of hydrogen-bond acceptors (Lipinski definition) is 4. The first-order chi connectivity index (χ1) is 9.13. The number of aromatic nitrogens is 1. The molecular weight excluding hydrogens is 262 g/mol. The van der Waals surface area contributed by atoms with Gasteiger partial charge in [-0.15, -0.1) is 0 Å². The fourth-order valence-electron chi connectivity index (χ4n) is 2.41. The molecule has 1 aromatic rings. The van der Waals surface area contributed by atoms with Crippen LogP contribution >= 0.6 is 11.6 Å². The van der Waals surface area contributed by atoms with Crippen molar-refractivity contribution < 1.29 is 4.74 Å². The van der Waals surface area contributed by atoms with Crippen LogP contribution in [0.2, 0.25) is 5.02 Å². The minimum absolute atomic E-state index is 0.272. The largest absolute Gasteiger partial charge is 0.376 e. The van der Waals surface area contributed by atoms with Gasteiger partial charge in [-0.3, -0.25) is 4.90 Å². The summed E-state index contributed by atoms with van der Waals surface area (Å²) in [5, 5.41) is 3.78. The molecule has 1 aliphatic heterocycles. The second-order valence-electron chi connectivity index (χ2n) is 5.01. The molecule has 4 nitrogen and oxygen atoms in total. The Morgan fingerprint density at radius 1 is 1.53 bits per heavy atom. The van der Waals surface area contributed by atoms with Crippen LogP contribution < -0.4 is 5.32 Å². The Hall–Kier alpha value is -0.840. The van der Waals surface area contributed by atoms with Crippen LogP contribution in [0.3, 0.4) is 0 Å². The van der Waals surface area contributed by atoms with Gasteiger partial charge in [0.1, 0.15) is 5.82 Å². The highest BCUT2D eigenvalue weighted by Gasteiger charge is 2.26. The van der Waals surface area contributed by atoms with Gasteiger partial charge in [-0.25, -0.2) is 4.98 Å². The lowest BCUT2D eigenvalue weighted by Crippen LogP contribution is -2.48. The molecule has 2 atom stereocenters. The molecule has 1 fully saturated rings. The lowest BCUT2D eigenvalue weighted by Gasteiger charge is -2.38. The maximum Gasteiger partial charge on any atom is 0.126 e. The molecule has 0 bridgehead atoms. The Kier molecular flexibility index (Phi) is 5.02. The highest BCUT2D eigenvalue weighted by molar-refractivity contribution is 6.31. The Morgan fingerprint density at radius 3 is 3.00 bits per heavy atom. The van der Waals surface area contributed by atoms with Crippen molar-refractivity contribution in [3.63, 3.8) is 0 Å². The van der Waals surface area contributed by atoms with Crippen LogP contribution in [-0.4, -0.2) is 42.2 Å². The maximum absolute atomic E-state index is 6.25. The summed E-state index contributed by atoms with van der Waals surface area (Å²) in [6.45, 7) is 6.80. The topological polar surface area (TPSA) is 37.4 Å². The molecule has 1 saturated heterocycles. The number of rotatable bonds is 4. The van der Waals surface area contributed by atoms with Gasteiger partial charge in [0.2, 0.25) is 0 Å². The van der Waals surface area contributed by atoms with E-state index >= 15 is 0 Å². The number of hydrogen-bond donors (Lipinski definition) is 1. The van der Waals surface area contributed by atoms with Crippen molar-refractivity contribution in [2.45, 2.75) is 39.0 Å². The maximum atomic E-state index is 6.25. The van der Waals surface area contributed by atoms with E-state index in [1.807, 2.05) is 19.2 Å². The molecule has 5 heteroatoms. The molecule has 1 N–H and O–H groups in total. The summed E-state index contributed by atoms with van der Waals surface area (Å²) in [5.74, 6) is 0.855. The smallest absolute Gasteiger partial charge is 0.126 e. The van der Waals surface area contributed by atoms with Gasteiger partial charge in [0.25, 0.3) is 0 Å². The quantitative estimate of drug-likeness (QED) is 0.922. The van der Waals surface area contributed by atoms with E-state index in [9.17, 15) is 0 Å². The molecule has 0 saturated carbocycles. The van der Waals surface area contributed by atoms with Gasteiger partial charge >= 0.3 is 0 Å². The van der Waals surface area contributed by atoms with Crippen molar-refractivity contribution in [1.82, 2.24) is 9.88 Å². The number of pyridine rings is 1. The molecule has 2 heterocycles. The molecule has 0 amide bonds. The molecule has 1 aliphatic rings. The first kappa shape index (κ1) is 14.6. The summed E-state index contributed by atoms with van der Waals surface area (Å²) in [4.78, 5) is 6.97. The predicted molar refractivity (Wildman–Crippen MR) is 78.7 cm³/mol. The van der Waals surface area contributed by atoms with Gasteiger partial charge < -0.3 is 10.1 Å². The van der Waals surface area contributed by atoms with Crippen LogP contribution in [0.4, 0.5) is 5.82 Å². The van der Waals surface area contributed by atoms with E-state index in [0.717, 1.165) is 42.7 Å². The summed E-state index contributed by atoms with van der Waals surface area (Å²) in [5.41, 5.74) is 0.932. The second kappa shape index (κ2) is 6.55. The standard InChI is InChI=1S/C14H22ClN3O/c1-4-11-9-19-10(2)7-18(11)8-13-12(15)5-6-14(16-3)17-13/h5-6,10-11H,4,7-9H2,1-3H3,(H,16,17). The third kappa shape index (κ3) is 3.59. The number of ether oxygens (including phenoxy) is 1.